The van der Waals surface area contributed by atoms with Gasteiger partial charge in [0.05, 0.1) is 24.5 Å². The number of nitrogens with one attached hydrogen (secondary N) is 1. The number of aryl methyl sites for hydroxylation is 1. The highest BCUT2D eigenvalue weighted by Gasteiger charge is 2.28. The summed E-state index contributed by atoms with van der Waals surface area (Å²) in [6, 6.07) is 8.80. The summed E-state index contributed by atoms with van der Waals surface area (Å²) in [5.41, 5.74) is 3.79. The molecule has 2 aromatic rings. The summed E-state index contributed by atoms with van der Waals surface area (Å²) in [4.78, 5) is 2.53. The minimum Gasteiger partial charge on any atom is -0.494 e. The van der Waals surface area contributed by atoms with Gasteiger partial charge in [0.25, 0.3) is 0 Å². The number of H-pyrrole nitrogens is 1. The molecule has 4 nitrogen and oxygen atoms in total. The second-order valence-corrected chi connectivity index (χ2v) is 5.64. The highest BCUT2D eigenvalue weighted by molar-refractivity contribution is 5.33. The molecule has 0 radical (unpaired) electrons. The van der Waals surface area contributed by atoms with Gasteiger partial charge in [0.2, 0.25) is 0 Å². The third kappa shape index (κ3) is 2.95. The van der Waals surface area contributed by atoms with Crippen LogP contribution in [0.1, 0.15) is 42.6 Å². The number of para-hydroxylation sites is 1. The van der Waals surface area contributed by atoms with Crippen molar-refractivity contribution in [2.45, 2.75) is 39.3 Å². The minimum atomic E-state index is 0.446. The lowest BCUT2D eigenvalue weighted by Gasteiger charge is -2.25. The standard InChI is InChI=1S/C17H23N3O/c1-3-21-16-9-5-4-7-14(16)12-20-10-6-8-15(20)17-13(2)11-18-19-17/h4-5,7,9,11,15H,3,6,8,10,12H2,1-2H3,(H,18,19)/t15-/m0/s1. The number of ether oxygens (including phenoxy) is 1. The van der Waals surface area contributed by atoms with Crippen LogP contribution in [0.5, 0.6) is 5.75 Å². The lowest BCUT2D eigenvalue weighted by Crippen LogP contribution is -2.24. The van der Waals surface area contributed by atoms with Crippen molar-refractivity contribution >= 4 is 0 Å². The van der Waals surface area contributed by atoms with Crippen molar-refractivity contribution in [3.63, 3.8) is 0 Å². The Kier molecular flexibility index (Phi) is 4.25. The molecule has 2 heterocycles. The Bertz CT molecular complexity index is 593. The van der Waals surface area contributed by atoms with Crippen LogP contribution in [-0.4, -0.2) is 28.2 Å². The van der Waals surface area contributed by atoms with Crippen LogP contribution in [0.25, 0.3) is 0 Å². The second-order valence-electron chi connectivity index (χ2n) is 5.64. The van der Waals surface area contributed by atoms with Gasteiger partial charge < -0.3 is 4.74 Å². The molecule has 0 spiro atoms. The first-order valence-corrected chi connectivity index (χ1v) is 7.74. The normalized spacial score (nSPS) is 19.0. The maximum absolute atomic E-state index is 5.75. The van der Waals surface area contributed by atoms with E-state index in [1.54, 1.807) is 0 Å². The highest BCUT2D eigenvalue weighted by atomic mass is 16.5. The Hall–Kier alpha value is -1.81. The molecule has 0 bridgehead atoms. The zero-order valence-electron chi connectivity index (χ0n) is 12.8. The zero-order valence-corrected chi connectivity index (χ0v) is 12.8. The largest absolute Gasteiger partial charge is 0.494 e. The average molecular weight is 285 g/mol. The van der Waals surface area contributed by atoms with Crippen LogP contribution in [0.15, 0.2) is 30.5 Å². The van der Waals surface area contributed by atoms with Crippen molar-refractivity contribution < 1.29 is 4.74 Å². The number of likely N-dealkylation sites (tertiary alicyclic amines) is 1. The Balaban J connectivity index is 1.79. The number of hydrogen-bond donors (Lipinski definition) is 1. The van der Waals surface area contributed by atoms with Gasteiger partial charge in [0.15, 0.2) is 0 Å². The summed E-state index contributed by atoms with van der Waals surface area (Å²) in [6.07, 6.45) is 4.35. The third-order valence-corrected chi connectivity index (χ3v) is 4.21. The summed E-state index contributed by atoms with van der Waals surface area (Å²) in [5, 5.41) is 7.36. The van der Waals surface area contributed by atoms with Gasteiger partial charge in [0.1, 0.15) is 5.75 Å². The highest BCUT2D eigenvalue weighted by Crippen LogP contribution is 2.34. The Morgan fingerprint density at radius 1 is 1.38 bits per heavy atom. The van der Waals surface area contributed by atoms with Crippen molar-refractivity contribution in [3.05, 3.63) is 47.3 Å². The summed E-state index contributed by atoms with van der Waals surface area (Å²) in [7, 11) is 0. The van der Waals surface area contributed by atoms with E-state index in [1.807, 2.05) is 19.2 Å². The van der Waals surface area contributed by atoms with Gasteiger partial charge in [0, 0.05) is 12.1 Å². The number of nitrogens with zero attached hydrogens (tertiary/aromatic N) is 2. The summed E-state index contributed by atoms with van der Waals surface area (Å²) >= 11 is 0. The molecule has 4 heteroatoms. The fourth-order valence-corrected chi connectivity index (χ4v) is 3.19. The number of aromatic nitrogens is 2. The first-order chi connectivity index (χ1) is 10.3. The van der Waals surface area contributed by atoms with Crippen molar-refractivity contribution in [1.82, 2.24) is 15.1 Å². The molecule has 1 saturated heterocycles. The predicted octanol–water partition coefficient (Wildman–Crippen LogP) is 3.45. The molecule has 0 aliphatic carbocycles. The molecular formula is C17H23N3O. The Morgan fingerprint density at radius 3 is 3.00 bits per heavy atom. The van der Waals surface area contributed by atoms with E-state index in [9.17, 15) is 0 Å². The Morgan fingerprint density at radius 2 is 2.24 bits per heavy atom. The molecule has 3 rings (SSSR count). The molecule has 0 amide bonds. The van der Waals surface area contributed by atoms with Crippen molar-refractivity contribution in [2.24, 2.45) is 0 Å². The molecule has 1 atom stereocenters. The molecule has 1 aromatic carbocycles. The van der Waals surface area contributed by atoms with Crippen LogP contribution in [0.2, 0.25) is 0 Å². The van der Waals surface area contributed by atoms with E-state index in [0.717, 1.165) is 18.8 Å². The minimum absolute atomic E-state index is 0.446. The van der Waals surface area contributed by atoms with E-state index < -0.39 is 0 Å². The molecule has 21 heavy (non-hydrogen) atoms. The number of benzene rings is 1. The van der Waals surface area contributed by atoms with Gasteiger partial charge >= 0.3 is 0 Å². The molecule has 1 aromatic heterocycles. The topological polar surface area (TPSA) is 41.1 Å². The van der Waals surface area contributed by atoms with Crippen molar-refractivity contribution in [2.75, 3.05) is 13.2 Å². The first kappa shape index (κ1) is 14.1. The Labute approximate surface area is 126 Å². The van der Waals surface area contributed by atoms with E-state index in [-0.39, 0.29) is 0 Å². The number of rotatable bonds is 5. The van der Waals surface area contributed by atoms with Crippen LogP contribution >= 0.6 is 0 Å². The van der Waals surface area contributed by atoms with E-state index >= 15 is 0 Å². The SMILES string of the molecule is CCOc1ccccc1CN1CCC[C@H]1c1[nH]ncc1C. The molecular weight excluding hydrogens is 262 g/mol. The van der Waals surface area contributed by atoms with Crippen LogP contribution < -0.4 is 4.74 Å². The van der Waals surface area contributed by atoms with E-state index in [2.05, 4.69) is 40.2 Å². The predicted molar refractivity (Wildman–Crippen MR) is 83.3 cm³/mol. The van der Waals surface area contributed by atoms with Crippen LogP contribution in [0.4, 0.5) is 0 Å². The zero-order chi connectivity index (χ0) is 14.7. The monoisotopic (exact) mass is 285 g/mol. The van der Waals surface area contributed by atoms with Crippen LogP contribution in [0, 0.1) is 6.92 Å². The van der Waals surface area contributed by atoms with Gasteiger partial charge in [-0.05, 0) is 44.9 Å². The maximum Gasteiger partial charge on any atom is 0.123 e. The van der Waals surface area contributed by atoms with Crippen LogP contribution in [-0.2, 0) is 6.54 Å². The average Bonchev–Trinajstić information content (AvgIpc) is 3.10. The summed E-state index contributed by atoms with van der Waals surface area (Å²) in [6.45, 7) is 6.93. The van der Waals surface area contributed by atoms with E-state index in [0.29, 0.717) is 12.6 Å². The second kappa shape index (κ2) is 6.31. The molecule has 1 aliphatic heterocycles. The molecule has 1 aliphatic rings. The van der Waals surface area contributed by atoms with E-state index in [1.165, 1.54) is 29.7 Å². The van der Waals surface area contributed by atoms with Crippen molar-refractivity contribution in [3.8, 4) is 5.75 Å². The van der Waals surface area contributed by atoms with Gasteiger partial charge in [-0.3, -0.25) is 10.00 Å². The molecule has 0 unspecified atom stereocenters. The fraction of sp³-hybridized carbons (Fsp3) is 0.471. The lowest BCUT2D eigenvalue weighted by molar-refractivity contribution is 0.237. The van der Waals surface area contributed by atoms with Crippen LogP contribution in [0.3, 0.4) is 0 Å². The third-order valence-electron chi connectivity index (χ3n) is 4.21. The van der Waals surface area contributed by atoms with Gasteiger partial charge in [-0.2, -0.15) is 5.10 Å². The number of hydrogen-bond acceptors (Lipinski definition) is 3. The molecule has 0 saturated carbocycles. The quantitative estimate of drug-likeness (QED) is 0.914. The molecule has 1 N–H and O–H groups in total. The van der Waals surface area contributed by atoms with Crippen molar-refractivity contribution in [1.29, 1.82) is 0 Å². The fourth-order valence-electron chi connectivity index (χ4n) is 3.19. The van der Waals surface area contributed by atoms with Gasteiger partial charge in [-0.15, -0.1) is 0 Å². The first-order valence-electron chi connectivity index (χ1n) is 7.74. The summed E-state index contributed by atoms with van der Waals surface area (Å²) in [5.74, 6) is 1.01. The van der Waals surface area contributed by atoms with Gasteiger partial charge in [-0.25, -0.2) is 0 Å². The molecule has 1 fully saturated rings. The van der Waals surface area contributed by atoms with E-state index in [4.69, 9.17) is 4.74 Å². The van der Waals surface area contributed by atoms with Gasteiger partial charge in [-0.1, -0.05) is 18.2 Å². The summed E-state index contributed by atoms with van der Waals surface area (Å²) < 4.78 is 5.75. The smallest absolute Gasteiger partial charge is 0.123 e. The lowest BCUT2D eigenvalue weighted by atomic mass is 10.1. The molecule has 112 valence electrons. The maximum atomic E-state index is 5.75. The number of aromatic amines is 1.